The van der Waals surface area contributed by atoms with Crippen LogP contribution in [0.5, 0.6) is 0 Å². The maximum atomic E-state index is 12.9. The molecule has 10 heteroatoms. The summed E-state index contributed by atoms with van der Waals surface area (Å²) in [5.74, 6) is -1.32. The van der Waals surface area contributed by atoms with Crippen molar-refractivity contribution in [2.45, 2.75) is 12.6 Å². The van der Waals surface area contributed by atoms with Crippen LogP contribution in [0.4, 0.5) is 22.0 Å². The monoisotopic (exact) mass is 341 g/mol. The molecule has 0 radical (unpaired) electrons. The van der Waals surface area contributed by atoms with Crippen molar-refractivity contribution in [1.29, 1.82) is 0 Å². The van der Waals surface area contributed by atoms with Crippen LogP contribution in [-0.2, 0) is 12.6 Å². The molecule has 0 amide bonds. The second-order valence-corrected chi connectivity index (χ2v) is 4.76. The third kappa shape index (κ3) is 3.36. The molecule has 3 heterocycles. The molecule has 0 aliphatic carbocycles. The Bertz CT molecular complexity index is 839. The van der Waals surface area contributed by atoms with Crippen molar-refractivity contribution in [3.63, 3.8) is 0 Å². The third-order valence-electron chi connectivity index (χ3n) is 3.04. The van der Waals surface area contributed by atoms with Gasteiger partial charge in [-0.25, -0.2) is 24.0 Å². The first-order valence-corrected chi connectivity index (χ1v) is 6.57. The molecule has 0 saturated carbocycles. The van der Waals surface area contributed by atoms with Gasteiger partial charge in [-0.05, 0) is 18.2 Å². The van der Waals surface area contributed by atoms with Gasteiger partial charge in [-0.1, -0.05) is 0 Å². The fourth-order valence-electron chi connectivity index (χ4n) is 1.99. The molecule has 3 aromatic heterocycles. The molecule has 3 rings (SSSR count). The van der Waals surface area contributed by atoms with Crippen molar-refractivity contribution in [3.05, 3.63) is 65.8 Å². The molecular formula is C14H8F5N5. The van der Waals surface area contributed by atoms with Crippen LogP contribution in [0, 0.1) is 11.8 Å². The normalized spacial score (nSPS) is 11.7. The van der Waals surface area contributed by atoms with Gasteiger partial charge in [0.05, 0.1) is 36.4 Å². The number of alkyl halides is 3. The summed E-state index contributed by atoms with van der Waals surface area (Å²) in [6, 6.07) is 3.07. The zero-order chi connectivity index (χ0) is 17.3. The van der Waals surface area contributed by atoms with Gasteiger partial charge >= 0.3 is 6.18 Å². The number of halogens is 5. The summed E-state index contributed by atoms with van der Waals surface area (Å²) in [4.78, 5) is 10.8. The number of nitrogens with zero attached hydrogens (tertiary/aromatic N) is 5. The van der Waals surface area contributed by atoms with Crippen molar-refractivity contribution in [1.82, 2.24) is 24.7 Å². The Morgan fingerprint density at radius 2 is 1.67 bits per heavy atom. The SMILES string of the molecule is Fc1cnc(Cc2cc(C(F)(F)F)nn2-c2ccc(F)nc2)nc1. The zero-order valence-corrected chi connectivity index (χ0v) is 11.8. The van der Waals surface area contributed by atoms with E-state index >= 15 is 0 Å². The second-order valence-electron chi connectivity index (χ2n) is 4.76. The van der Waals surface area contributed by atoms with Crippen molar-refractivity contribution in [2.75, 3.05) is 0 Å². The fraction of sp³-hybridized carbons (Fsp3) is 0.143. The molecule has 0 bridgehead atoms. The van der Waals surface area contributed by atoms with E-state index in [0.29, 0.717) is 0 Å². The van der Waals surface area contributed by atoms with Crippen molar-refractivity contribution in [3.8, 4) is 5.69 Å². The maximum absolute atomic E-state index is 12.9. The fourth-order valence-corrected chi connectivity index (χ4v) is 1.99. The van der Waals surface area contributed by atoms with Gasteiger partial charge in [0.15, 0.2) is 11.5 Å². The van der Waals surface area contributed by atoms with Gasteiger partial charge in [0.1, 0.15) is 5.82 Å². The first-order valence-electron chi connectivity index (χ1n) is 6.57. The number of rotatable bonds is 3. The van der Waals surface area contributed by atoms with Crippen LogP contribution >= 0.6 is 0 Å². The summed E-state index contributed by atoms with van der Waals surface area (Å²) in [6.07, 6.45) is -1.91. The molecule has 5 nitrogen and oxygen atoms in total. The lowest BCUT2D eigenvalue weighted by Crippen LogP contribution is -2.08. The molecule has 124 valence electrons. The van der Waals surface area contributed by atoms with E-state index in [1.807, 2.05) is 0 Å². The van der Waals surface area contributed by atoms with Gasteiger partial charge < -0.3 is 0 Å². The minimum atomic E-state index is -4.66. The second kappa shape index (κ2) is 5.95. The highest BCUT2D eigenvalue weighted by Crippen LogP contribution is 2.30. The number of pyridine rings is 1. The van der Waals surface area contributed by atoms with Gasteiger partial charge in [-0.2, -0.15) is 22.7 Å². The van der Waals surface area contributed by atoms with Crippen LogP contribution in [0.15, 0.2) is 36.8 Å². The summed E-state index contributed by atoms with van der Waals surface area (Å²) in [5, 5.41) is 3.49. The molecule has 0 atom stereocenters. The highest BCUT2D eigenvalue weighted by Gasteiger charge is 2.35. The van der Waals surface area contributed by atoms with Crippen LogP contribution in [-0.4, -0.2) is 24.7 Å². The van der Waals surface area contributed by atoms with Gasteiger partial charge in [-0.15, -0.1) is 0 Å². The van der Waals surface area contributed by atoms with Crippen molar-refractivity contribution < 1.29 is 22.0 Å². The molecule has 0 fully saturated rings. The van der Waals surface area contributed by atoms with Crippen molar-refractivity contribution >= 4 is 0 Å². The van der Waals surface area contributed by atoms with E-state index in [2.05, 4.69) is 20.1 Å². The highest BCUT2D eigenvalue weighted by atomic mass is 19.4. The highest BCUT2D eigenvalue weighted by molar-refractivity contribution is 5.32. The van der Waals surface area contributed by atoms with Gasteiger partial charge in [0.2, 0.25) is 5.95 Å². The third-order valence-corrected chi connectivity index (χ3v) is 3.04. The van der Waals surface area contributed by atoms with Gasteiger partial charge in [-0.3, -0.25) is 0 Å². The predicted octanol–water partition coefficient (Wildman–Crippen LogP) is 2.95. The largest absolute Gasteiger partial charge is 0.435 e. The van der Waals surface area contributed by atoms with E-state index in [4.69, 9.17) is 0 Å². The molecule has 0 aromatic carbocycles. The molecule has 0 unspecified atom stereocenters. The summed E-state index contributed by atoms with van der Waals surface area (Å²) in [7, 11) is 0. The molecular weight excluding hydrogens is 333 g/mol. The summed E-state index contributed by atoms with van der Waals surface area (Å²) in [5.41, 5.74) is -0.879. The van der Waals surface area contributed by atoms with E-state index in [1.165, 1.54) is 6.07 Å². The lowest BCUT2D eigenvalue weighted by Gasteiger charge is -2.06. The van der Waals surface area contributed by atoms with Crippen LogP contribution in [0.25, 0.3) is 5.69 Å². The lowest BCUT2D eigenvalue weighted by atomic mass is 10.2. The summed E-state index contributed by atoms with van der Waals surface area (Å²) in [6.45, 7) is 0. The standard InChI is InChI=1S/C14H8F5N5/c15-8-5-21-13(22-6-8)4-10-3-11(14(17,18)19)23-24(10)9-1-2-12(16)20-7-9/h1-3,5-7H,4H2. The molecule has 0 spiro atoms. The van der Waals surface area contributed by atoms with Crippen LogP contribution in [0.1, 0.15) is 17.2 Å². The van der Waals surface area contributed by atoms with E-state index in [0.717, 1.165) is 35.4 Å². The summed E-state index contributed by atoms with van der Waals surface area (Å²) < 4.78 is 65.5. The Balaban J connectivity index is 2.04. The molecule has 24 heavy (non-hydrogen) atoms. The number of hydrogen-bond acceptors (Lipinski definition) is 4. The smallest absolute Gasteiger partial charge is 0.238 e. The number of hydrogen-bond donors (Lipinski definition) is 0. The van der Waals surface area contributed by atoms with E-state index < -0.39 is 23.6 Å². The molecule has 3 aromatic rings. The lowest BCUT2D eigenvalue weighted by molar-refractivity contribution is -0.141. The Morgan fingerprint density at radius 1 is 0.958 bits per heavy atom. The predicted molar refractivity (Wildman–Crippen MR) is 71.1 cm³/mol. The topological polar surface area (TPSA) is 56.5 Å². The van der Waals surface area contributed by atoms with Crippen LogP contribution in [0.3, 0.4) is 0 Å². The Hall–Kier alpha value is -2.91. The van der Waals surface area contributed by atoms with E-state index in [-0.39, 0.29) is 23.6 Å². The Labute approximate surface area is 131 Å². The average molecular weight is 341 g/mol. The first-order chi connectivity index (χ1) is 11.3. The molecule has 0 N–H and O–H groups in total. The number of aromatic nitrogens is 5. The zero-order valence-electron chi connectivity index (χ0n) is 11.8. The maximum Gasteiger partial charge on any atom is 0.435 e. The van der Waals surface area contributed by atoms with Crippen molar-refractivity contribution in [2.24, 2.45) is 0 Å². The van der Waals surface area contributed by atoms with E-state index in [1.54, 1.807) is 0 Å². The Morgan fingerprint density at radius 3 is 2.25 bits per heavy atom. The van der Waals surface area contributed by atoms with Gasteiger partial charge in [0, 0.05) is 0 Å². The molecule has 0 saturated heterocycles. The summed E-state index contributed by atoms with van der Waals surface area (Å²) >= 11 is 0. The Kier molecular flexibility index (Phi) is 3.96. The van der Waals surface area contributed by atoms with Crippen LogP contribution in [0.2, 0.25) is 0 Å². The minimum absolute atomic E-state index is 0.0994. The molecule has 0 aliphatic heterocycles. The molecule has 0 aliphatic rings. The first kappa shape index (κ1) is 16.0. The van der Waals surface area contributed by atoms with Crippen LogP contribution < -0.4 is 0 Å². The van der Waals surface area contributed by atoms with E-state index in [9.17, 15) is 22.0 Å². The quantitative estimate of drug-likeness (QED) is 0.543. The minimum Gasteiger partial charge on any atom is -0.238 e. The van der Waals surface area contributed by atoms with Gasteiger partial charge in [0.25, 0.3) is 0 Å². The average Bonchev–Trinajstić information content (AvgIpc) is 2.94.